The van der Waals surface area contributed by atoms with Crippen LogP contribution in [0.25, 0.3) is 0 Å². The van der Waals surface area contributed by atoms with E-state index >= 15 is 0 Å². The third kappa shape index (κ3) is 7.76. The molecule has 1 amide bonds. The van der Waals surface area contributed by atoms with Gasteiger partial charge in [-0.2, -0.15) is 13.2 Å². The second kappa shape index (κ2) is 9.80. The molecule has 0 heterocycles. The fourth-order valence-corrected chi connectivity index (χ4v) is 2.19. The molecule has 1 aromatic carbocycles. The van der Waals surface area contributed by atoms with Gasteiger partial charge >= 0.3 is 6.18 Å². The summed E-state index contributed by atoms with van der Waals surface area (Å²) in [5.41, 5.74) is 0.0804. The van der Waals surface area contributed by atoms with Crippen LogP contribution in [0.5, 0.6) is 0 Å². The minimum absolute atomic E-state index is 0.0162. The minimum Gasteiger partial charge on any atom is -0.341 e. The molecule has 0 saturated carbocycles. The standard InChI is InChI=1S/C15H22F3N2OP/c16-15(17,18)13-6-4-5-12(11-13)8-10-19-9-3-1-2-7-14(21)20-22/h4-6,11,19H,1-3,7-10,22H2,(H,20,21). The maximum Gasteiger partial charge on any atom is 0.416 e. The van der Waals surface area contributed by atoms with E-state index in [1.54, 1.807) is 6.07 Å². The zero-order valence-corrected chi connectivity index (χ0v) is 13.5. The molecule has 1 rings (SSSR count). The Morgan fingerprint density at radius 3 is 2.59 bits per heavy atom. The van der Waals surface area contributed by atoms with E-state index in [9.17, 15) is 18.0 Å². The van der Waals surface area contributed by atoms with Crippen molar-refractivity contribution in [2.75, 3.05) is 13.1 Å². The lowest BCUT2D eigenvalue weighted by Crippen LogP contribution is -2.19. The number of carbonyl (C=O) groups excluding carboxylic acids is 1. The van der Waals surface area contributed by atoms with Crippen molar-refractivity contribution >= 4 is 15.3 Å². The second-order valence-corrected chi connectivity index (χ2v) is 5.36. The monoisotopic (exact) mass is 334 g/mol. The molecule has 3 nitrogen and oxygen atoms in total. The number of halogens is 3. The Kier molecular flexibility index (Phi) is 8.43. The van der Waals surface area contributed by atoms with E-state index in [0.717, 1.165) is 31.9 Å². The summed E-state index contributed by atoms with van der Waals surface area (Å²) in [5, 5.41) is 5.70. The van der Waals surface area contributed by atoms with Gasteiger partial charge in [-0.3, -0.25) is 4.79 Å². The third-order valence-electron chi connectivity index (χ3n) is 3.26. The van der Waals surface area contributed by atoms with Crippen LogP contribution < -0.4 is 10.4 Å². The zero-order chi connectivity index (χ0) is 16.4. The molecular weight excluding hydrogens is 312 g/mol. The average Bonchev–Trinajstić information content (AvgIpc) is 2.49. The summed E-state index contributed by atoms with van der Waals surface area (Å²) in [6.07, 6.45) is -0.448. The molecule has 1 atom stereocenters. The molecule has 0 aliphatic carbocycles. The van der Waals surface area contributed by atoms with E-state index < -0.39 is 11.7 Å². The third-order valence-corrected chi connectivity index (χ3v) is 3.59. The normalized spacial score (nSPS) is 11.5. The van der Waals surface area contributed by atoms with E-state index in [1.165, 1.54) is 12.1 Å². The Morgan fingerprint density at radius 1 is 1.14 bits per heavy atom. The minimum atomic E-state index is -4.28. The number of benzene rings is 1. The maximum atomic E-state index is 12.6. The molecule has 22 heavy (non-hydrogen) atoms. The SMILES string of the molecule is O=C(CCCCCNCCc1cccc(C(F)(F)F)c1)NP. The molecule has 7 heteroatoms. The van der Waals surface area contributed by atoms with Crippen LogP contribution in [-0.4, -0.2) is 19.0 Å². The van der Waals surface area contributed by atoms with Gasteiger partial charge in [-0.1, -0.05) is 24.6 Å². The van der Waals surface area contributed by atoms with Crippen molar-refractivity contribution in [3.8, 4) is 0 Å². The van der Waals surface area contributed by atoms with Crippen molar-refractivity contribution in [3.63, 3.8) is 0 Å². The number of nitrogens with one attached hydrogen (secondary N) is 2. The maximum absolute atomic E-state index is 12.6. The van der Waals surface area contributed by atoms with Crippen LogP contribution in [0.1, 0.15) is 36.8 Å². The van der Waals surface area contributed by atoms with Crippen LogP contribution in [0.4, 0.5) is 13.2 Å². The largest absolute Gasteiger partial charge is 0.416 e. The number of rotatable bonds is 9. The number of carbonyl (C=O) groups is 1. The highest BCUT2D eigenvalue weighted by Gasteiger charge is 2.30. The molecule has 1 aromatic rings. The van der Waals surface area contributed by atoms with Crippen LogP contribution >= 0.6 is 9.39 Å². The number of hydrogen-bond donors (Lipinski definition) is 2. The first-order valence-electron chi connectivity index (χ1n) is 7.30. The first-order valence-corrected chi connectivity index (χ1v) is 7.87. The molecule has 1 unspecified atom stereocenters. The Balaban J connectivity index is 2.14. The van der Waals surface area contributed by atoms with Crippen molar-refractivity contribution in [3.05, 3.63) is 35.4 Å². The Hall–Kier alpha value is -1.13. The first-order chi connectivity index (χ1) is 10.4. The molecule has 0 spiro atoms. The molecule has 124 valence electrons. The quantitative estimate of drug-likeness (QED) is 0.537. The van der Waals surface area contributed by atoms with E-state index in [4.69, 9.17) is 0 Å². The number of unbranched alkanes of at least 4 members (excludes halogenated alkanes) is 2. The van der Waals surface area contributed by atoms with E-state index in [-0.39, 0.29) is 5.91 Å². The molecule has 0 saturated heterocycles. The van der Waals surface area contributed by atoms with Gasteiger partial charge in [0.2, 0.25) is 5.91 Å². The fraction of sp³-hybridized carbons (Fsp3) is 0.533. The van der Waals surface area contributed by atoms with Crippen molar-refractivity contribution < 1.29 is 18.0 Å². The highest BCUT2D eigenvalue weighted by molar-refractivity contribution is 7.15. The van der Waals surface area contributed by atoms with E-state index in [2.05, 4.69) is 19.8 Å². The van der Waals surface area contributed by atoms with Gasteiger partial charge in [-0.15, -0.1) is 0 Å². The molecule has 0 fully saturated rings. The molecular formula is C15H22F3N2OP. The lowest BCUT2D eigenvalue weighted by atomic mass is 10.1. The van der Waals surface area contributed by atoms with Crippen LogP contribution in [0, 0.1) is 0 Å². The Labute approximate surface area is 131 Å². The van der Waals surface area contributed by atoms with Gasteiger partial charge in [0.25, 0.3) is 0 Å². The lowest BCUT2D eigenvalue weighted by molar-refractivity contribution is -0.137. The van der Waals surface area contributed by atoms with E-state index in [1.807, 2.05) is 0 Å². The second-order valence-electron chi connectivity index (χ2n) is 5.08. The summed E-state index contributed by atoms with van der Waals surface area (Å²) >= 11 is 0. The van der Waals surface area contributed by atoms with Gasteiger partial charge in [-0.25, -0.2) is 0 Å². The molecule has 2 N–H and O–H groups in total. The number of alkyl halides is 3. The highest BCUT2D eigenvalue weighted by atomic mass is 31.0. The fourth-order valence-electron chi connectivity index (χ4n) is 2.05. The molecule has 0 aromatic heterocycles. The van der Waals surface area contributed by atoms with Crippen molar-refractivity contribution in [2.45, 2.75) is 38.3 Å². The first kappa shape index (κ1) is 18.9. The van der Waals surface area contributed by atoms with Gasteiger partial charge in [0.05, 0.1) is 5.56 Å². The van der Waals surface area contributed by atoms with Gasteiger partial charge in [0.15, 0.2) is 0 Å². The Bertz CT molecular complexity index is 466. The summed E-state index contributed by atoms with van der Waals surface area (Å²) < 4.78 is 37.7. The average molecular weight is 334 g/mol. The van der Waals surface area contributed by atoms with Crippen molar-refractivity contribution in [2.24, 2.45) is 0 Å². The van der Waals surface area contributed by atoms with Crippen molar-refractivity contribution in [1.82, 2.24) is 10.4 Å². The summed E-state index contributed by atoms with van der Waals surface area (Å²) in [5.74, 6) is 0.0162. The topological polar surface area (TPSA) is 41.1 Å². The predicted molar refractivity (Wildman–Crippen MR) is 84.3 cm³/mol. The van der Waals surface area contributed by atoms with Crippen LogP contribution in [0.2, 0.25) is 0 Å². The zero-order valence-electron chi connectivity index (χ0n) is 12.4. The van der Waals surface area contributed by atoms with E-state index in [0.29, 0.717) is 24.9 Å². The number of hydrogen-bond acceptors (Lipinski definition) is 2. The van der Waals surface area contributed by atoms with Gasteiger partial charge in [0.1, 0.15) is 0 Å². The van der Waals surface area contributed by atoms with Gasteiger partial charge in [-0.05, 0) is 53.4 Å². The lowest BCUT2D eigenvalue weighted by Gasteiger charge is -2.09. The summed E-state index contributed by atoms with van der Waals surface area (Å²) in [6, 6.07) is 5.43. The molecule has 0 bridgehead atoms. The molecule has 0 aliphatic rings. The predicted octanol–water partition coefficient (Wildman–Crippen LogP) is 3.30. The van der Waals surface area contributed by atoms with Crippen LogP contribution in [-0.2, 0) is 17.4 Å². The Morgan fingerprint density at radius 2 is 1.91 bits per heavy atom. The number of amides is 1. The van der Waals surface area contributed by atoms with Gasteiger partial charge < -0.3 is 10.4 Å². The summed E-state index contributed by atoms with van der Waals surface area (Å²) in [6.45, 7) is 1.45. The van der Waals surface area contributed by atoms with Crippen LogP contribution in [0.3, 0.4) is 0 Å². The smallest absolute Gasteiger partial charge is 0.341 e. The van der Waals surface area contributed by atoms with Crippen molar-refractivity contribution in [1.29, 1.82) is 0 Å². The van der Waals surface area contributed by atoms with Gasteiger partial charge in [0, 0.05) is 6.42 Å². The van der Waals surface area contributed by atoms with Crippen LogP contribution in [0.15, 0.2) is 24.3 Å². The summed E-state index contributed by atoms with van der Waals surface area (Å²) in [4.78, 5) is 11.0. The summed E-state index contributed by atoms with van der Waals surface area (Å²) in [7, 11) is 2.18. The molecule has 0 aliphatic heterocycles. The molecule has 0 radical (unpaired) electrons. The highest BCUT2D eigenvalue weighted by Crippen LogP contribution is 2.29.